The molecule has 0 amide bonds. The van der Waals surface area contributed by atoms with E-state index >= 15 is 0 Å². The molecule has 1 aromatic heterocycles. The molecule has 0 radical (unpaired) electrons. The third kappa shape index (κ3) is 2.99. The van der Waals surface area contributed by atoms with Crippen LogP contribution in [0.3, 0.4) is 0 Å². The summed E-state index contributed by atoms with van der Waals surface area (Å²) in [6, 6.07) is 6.59. The van der Waals surface area contributed by atoms with Gasteiger partial charge in [0.15, 0.2) is 0 Å². The molecular weight excluding hydrogens is 295 g/mol. The maximum absolute atomic E-state index is 12.9. The molecule has 4 heteroatoms. The summed E-state index contributed by atoms with van der Waals surface area (Å²) in [5.74, 6) is -0.200. The molecule has 0 saturated carbocycles. The first-order valence-electron chi connectivity index (χ1n) is 6.08. The van der Waals surface area contributed by atoms with Crippen LogP contribution in [-0.4, -0.2) is 9.78 Å². The summed E-state index contributed by atoms with van der Waals surface area (Å²) in [5.41, 5.74) is 3.57. The number of halogens is 2. The zero-order valence-corrected chi connectivity index (χ0v) is 12.0. The molecule has 96 valence electrons. The first kappa shape index (κ1) is 13.3. The molecule has 2 rings (SSSR count). The first-order chi connectivity index (χ1) is 8.74. The van der Waals surface area contributed by atoms with Crippen LogP contribution in [0.2, 0.25) is 0 Å². The predicted octanol–water partition coefficient (Wildman–Crippen LogP) is 3.92. The van der Waals surface area contributed by atoms with Gasteiger partial charge in [-0.15, -0.1) is 0 Å². The molecule has 2 nitrogen and oxygen atoms in total. The number of hydrogen-bond acceptors (Lipinski definition) is 1. The van der Waals surface area contributed by atoms with Crippen LogP contribution in [0.5, 0.6) is 0 Å². The Labute approximate surface area is 115 Å². The van der Waals surface area contributed by atoms with Crippen LogP contribution in [0.4, 0.5) is 4.39 Å². The standard InChI is InChI=1S/C14H16BrFN2/c1-2-3-14-12(8-15)9-17-18(14)10-11-4-6-13(16)7-5-11/h4-7,9H,2-3,8,10H2,1H3. The van der Waals surface area contributed by atoms with Crippen molar-refractivity contribution < 1.29 is 4.39 Å². The molecule has 0 saturated heterocycles. The van der Waals surface area contributed by atoms with Gasteiger partial charge in [0.05, 0.1) is 12.7 Å². The maximum atomic E-state index is 12.9. The Morgan fingerprint density at radius 1 is 1.28 bits per heavy atom. The van der Waals surface area contributed by atoms with E-state index in [-0.39, 0.29) is 5.82 Å². The summed E-state index contributed by atoms with van der Waals surface area (Å²) < 4.78 is 14.9. The second-order valence-corrected chi connectivity index (χ2v) is 4.84. The number of alkyl halides is 1. The second-order valence-electron chi connectivity index (χ2n) is 4.28. The summed E-state index contributed by atoms with van der Waals surface area (Å²) >= 11 is 3.48. The fourth-order valence-electron chi connectivity index (χ4n) is 1.99. The Morgan fingerprint density at radius 3 is 2.61 bits per heavy atom. The summed E-state index contributed by atoms with van der Waals surface area (Å²) in [6.45, 7) is 2.86. The van der Waals surface area contributed by atoms with Gasteiger partial charge in [-0.1, -0.05) is 41.4 Å². The van der Waals surface area contributed by atoms with E-state index in [1.54, 1.807) is 12.1 Å². The smallest absolute Gasteiger partial charge is 0.123 e. The van der Waals surface area contributed by atoms with Crippen LogP contribution in [-0.2, 0) is 18.3 Å². The number of nitrogens with zero attached hydrogens (tertiary/aromatic N) is 2. The lowest BCUT2D eigenvalue weighted by molar-refractivity contribution is 0.618. The van der Waals surface area contributed by atoms with Gasteiger partial charge in [0.1, 0.15) is 5.82 Å². The molecule has 18 heavy (non-hydrogen) atoms. The van der Waals surface area contributed by atoms with Gasteiger partial charge in [0.25, 0.3) is 0 Å². The van der Waals surface area contributed by atoms with Gasteiger partial charge in [-0.05, 0) is 24.1 Å². The van der Waals surface area contributed by atoms with Gasteiger partial charge in [-0.3, -0.25) is 4.68 Å². The Balaban J connectivity index is 2.22. The number of benzene rings is 1. The van der Waals surface area contributed by atoms with E-state index in [4.69, 9.17) is 0 Å². The number of hydrogen-bond donors (Lipinski definition) is 0. The topological polar surface area (TPSA) is 17.8 Å². The van der Waals surface area contributed by atoms with Gasteiger partial charge in [0.2, 0.25) is 0 Å². The van der Waals surface area contributed by atoms with Crippen LogP contribution < -0.4 is 0 Å². The van der Waals surface area contributed by atoms with Crippen molar-refractivity contribution >= 4 is 15.9 Å². The Hall–Kier alpha value is -1.16. The summed E-state index contributed by atoms with van der Waals surface area (Å²) in [5, 5.41) is 5.24. The van der Waals surface area contributed by atoms with E-state index in [0.717, 1.165) is 23.7 Å². The fourth-order valence-corrected chi connectivity index (χ4v) is 2.45. The zero-order valence-electron chi connectivity index (χ0n) is 10.4. The molecule has 1 aromatic carbocycles. The average molecular weight is 311 g/mol. The molecule has 0 aliphatic rings. The Morgan fingerprint density at radius 2 is 2.00 bits per heavy atom. The largest absolute Gasteiger partial charge is 0.265 e. The van der Waals surface area contributed by atoms with Crippen LogP contribution >= 0.6 is 15.9 Å². The molecule has 0 aliphatic heterocycles. The molecule has 2 aromatic rings. The van der Waals surface area contributed by atoms with E-state index in [0.29, 0.717) is 6.54 Å². The highest BCUT2D eigenvalue weighted by Gasteiger charge is 2.09. The van der Waals surface area contributed by atoms with Gasteiger partial charge >= 0.3 is 0 Å². The van der Waals surface area contributed by atoms with E-state index in [1.807, 2.05) is 10.9 Å². The molecule has 0 aliphatic carbocycles. The van der Waals surface area contributed by atoms with Gasteiger partial charge < -0.3 is 0 Å². The van der Waals surface area contributed by atoms with Crippen molar-refractivity contribution in [1.29, 1.82) is 0 Å². The minimum atomic E-state index is -0.200. The van der Waals surface area contributed by atoms with E-state index in [2.05, 4.69) is 28.0 Å². The normalized spacial score (nSPS) is 10.8. The molecule has 0 fully saturated rings. The highest BCUT2D eigenvalue weighted by Crippen LogP contribution is 2.16. The van der Waals surface area contributed by atoms with Crippen molar-refractivity contribution in [1.82, 2.24) is 9.78 Å². The molecule has 0 N–H and O–H groups in total. The summed E-state index contributed by atoms with van der Waals surface area (Å²) in [6.07, 6.45) is 4.01. The lowest BCUT2D eigenvalue weighted by Crippen LogP contribution is -2.07. The van der Waals surface area contributed by atoms with Crippen molar-refractivity contribution in [3.8, 4) is 0 Å². The molecule has 0 bridgehead atoms. The Bertz CT molecular complexity index is 505. The van der Waals surface area contributed by atoms with E-state index < -0.39 is 0 Å². The predicted molar refractivity (Wildman–Crippen MR) is 74.4 cm³/mol. The minimum absolute atomic E-state index is 0.200. The number of aromatic nitrogens is 2. The highest BCUT2D eigenvalue weighted by molar-refractivity contribution is 9.08. The van der Waals surface area contributed by atoms with Crippen LogP contribution in [0, 0.1) is 5.82 Å². The van der Waals surface area contributed by atoms with Crippen molar-refractivity contribution in [2.45, 2.75) is 31.6 Å². The molecule has 1 heterocycles. The van der Waals surface area contributed by atoms with Crippen molar-refractivity contribution in [3.05, 3.63) is 53.1 Å². The molecule has 0 atom stereocenters. The van der Waals surface area contributed by atoms with Gasteiger partial charge in [-0.2, -0.15) is 5.10 Å². The maximum Gasteiger partial charge on any atom is 0.123 e. The average Bonchev–Trinajstić information content (AvgIpc) is 2.75. The molecular formula is C14H16BrFN2. The summed E-state index contributed by atoms with van der Waals surface area (Å²) in [4.78, 5) is 0. The zero-order chi connectivity index (χ0) is 13.0. The second kappa shape index (κ2) is 6.14. The first-order valence-corrected chi connectivity index (χ1v) is 7.20. The van der Waals surface area contributed by atoms with Crippen LogP contribution in [0.15, 0.2) is 30.5 Å². The lowest BCUT2D eigenvalue weighted by atomic mass is 10.1. The van der Waals surface area contributed by atoms with Gasteiger partial charge in [-0.25, -0.2) is 4.39 Å². The van der Waals surface area contributed by atoms with E-state index in [9.17, 15) is 4.39 Å². The SMILES string of the molecule is CCCc1c(CBr)cnn1Cc1ccc(F)cc1. The van der Waals surface area contributed by atoms with Crippen LogP contribution in [0.1, 0.15) is 30.2 Å². The third-order valence-corrected chi connectivity index (χ3v) is 3.52. The number of rotatable bonds is 5. The fraction of sp³-hybridized carbons (Fsp3) is 0.357. The van der Waals surface area contributed by atoms with Crippen molar-refractivity contribution in [2.75, 3.05) is 0 Å². The van der Waals surface area contributed by atoms with Crippen molar-refractivity contribution in [2.24, 2.45) is 0 Å². The third-order valence-electron chi connectivity index (χ3n) is 2.91. The molecule has 0 spiro atoms. The minimum Gasteiger partial charge on any atom is -0.265 e. The quantitative estimate of drug-likeness (QED) is 0.765. The molecule has 0 unspecified atom stereocenters. The monoisotopic (exact) mass is 310 g/mol. The lowest BCUT2D eigenvalue weighted by Gasteiger charge is -2.08. The highest BCUT2D eigenvalue weighted by atomic mass is 79.9. The van der Waals surface area contributed by atoms with E-state index in [1.165, 1.54) is 23.4 Å². The van der Waals surface area contributed by atoms with Crippen LogP contribution in [0.25, 0.3) is 0 Å². The Kier molecular flexibility index (Phi) is 4.53. The van der Waals surface area contributed by atoms with Gasteiger partial charge in [0, 0.05) is 16.6 Å². The van der Waals surface area contributed by atoms with Crippen molar-refractivity contribution in [3.63, 3.8) is 0 Å². The summed E-state index contributed by atoms with van der Waals surface area (Å²) in [7, 11) is 0.